The second-order valence-electron chi connectivity index (χ2n) is 7.48. The van der Waals surface area contributed by atoms with E-state index in [1.165, 1.54) is 24.3 Å². The molecule has 4 rings (SSSR count). The molecule has 4 N–H and O–H groups in total. The van der Waals surface area contributed by atoms with Gasteiger partial charge >= 0.3 is 0 Å². The van der Waals surface area contributed by atoms with E-state index in [1.54, 1.807) is 36.4 Å². The average Bonchev–Trinajstić information content (AvgIpc) is 2.86. The Morgan fingerprint density at radius 2 is 1.23 bits per heavy atom. The van der Waals surface area contributed by atoms with Crippen LogP contribution in [-0.4, -0.2) is 16.9 Å². The normalized spacial score (nSPS) is 10.2. The minimum atomic E-state index is -0.492. The number of halogens is 1. The van der Waals surface area contributed by atoms with Crippen molar-refractivity contribution in [1.82, 2.24) is 5.32 Å². The number of amides is 2. The molecule has 0 aromatic heterocycles. The molecule has 0 fully saturated rings. The third-order valence-corrected chi connectivity index (χ3v) is 5.16. The Morgan fingerprint density at radius 3 is 1.94 bits per heavy atom. The van der Waals surface area contributed by atoms with Crippen LogP contribution in [0.3, 0.4) is 0 Å². The Bertz CT molecular complexity index is 1340. The molecular formula is C27H21FN4O2S. The second kappa shape index (κ2) is 11.0. The Hall–Kier alpha value is -4.56. The van der Waals surface area contributed by atoms with Crippen molar-refractivity contribution in [1.29, 1.82) is 0 Å². The number of hydrogen-bond acceptors (Lipinski definition) is 4. The number of nitrogens with one attached hydrogen (secondary N) is 4. The Morgan fingerprint density at radius 1 is 0.629 bits per heavy atom. The minimum absolute atomic E-state index is 0.0101. The number of thiocarbonyl (C=S) groups is 1. The summed E-state index contributed by atoms with van der Waals surface area (Å²) in [5.41, 5.74) is 3.50. The van der Waals surface area contributed by atoms with E-state index in [9.17, 15) is 14.0 Å². The van der Waals surface area contributed by atoms with Crippen molar-refractivity contribution >= 4 is 51.9 Å². The number of para-hydroxylation sites is 2. The lowest BCUT2D eigenvalue weighted by Crippen LogP contribution is -2.34. The molecule has 174 valence electrons. The van der Waals surface area contributed by atoms with E-state index in [4.69, 9.17) is 12.2 Å². The van der Waals surface area contributed by atoms with E-state index >= 15 is 0 Å². The lowest BCUT2D eigenvalue weighted by atomic mass is 10.1. The molecule has 0 spiro atoms. The van der Waals surface area contributed by atoms with Gasteiger partial charge in [0.2, 0.25) is 0 Å². The molecule has 4 aromatic rings. The summed E-state index contributed by atoms with van der Waals surface area (Å²) in [5, 5.41) is 11.6. The third kappa shape index (κ3) is 6.49. The molecule has 0 saturated heterocycles. The van der Waals surface area contributed by atoms with E-state index in [2.05, 4.69) is 21.3 Å². The highest BCUT2D eigenvalue weighted by Crippen LogP contribution is 2.21. The molecule has 0 saturated carbocycles. The van der Waals surface area contributed by atoms with Crippen LogP contribution < -0.4 is 21.3 Å². The van der Waals surface area contributed by atoms with E-state index in [0.717, 1.165) is 11.4 Å². The van der Waals surface area contributed by atoms with Crippen LogP contribution >= 0.6 is 12.2 Å². The first-order chi connectivity index (χ1) is 17.0. The topological polar surface area (TPSA) is 82.3 Å². The Labute approximate surface area is 207 Å². The first kappa shape index (κ1) is 23.6. The maximum absolute atomic E-state index is 13.1. The molecule has 35 heavy (non-hydrogen) atoms. The predicted molar refractivity (Wildman–Crippen MR) is 141 cm³/mol. The van der Waals surface area contributed by atoms with Crippen LogP contribution in [0.4, 0.5) is 27.1 Å². The molecule has 0 aliphatic heterocycles. The fourth-order valence-electron chi connectivity index (χ4n) is 3.24. The third-order valence-electron chi connectivity index (χ3n) is 4.96. The van der Waals surface area contributed by atoms with Crippen LogP contribution in [0.15, 0.2) is 103 Å². The van der Waals surface area contributed by atoms with Gasteiger partial charge in [-0.25, -0.2) is 4.39 Å². The number of hydrogen-bond donors (Lipinski definition) is 4. The molecule has 2 amide bonds. The van der Waals surface area contributed by atoms with Crippen molar-refractivity contribution in [2.24, 2.45) is 0 Å². The standard InChI is InChI=1S/C27H21FN4O2S/c28-19-12-10-18(11-13-19)25(33)32-27(35)31-24-9-5-4-8-23(24)26(34)30-22-16-14-21(15-17-22)29-20-6-2-1-3-7-20/h1-17,29H,(H,30,34)(H2,31,32,33,35). The van der Waals surface area contributed by atoms with Crippen LogP contribution in [-0.2, 0) is 0 Å². The zero-order chi connectivity index (χ0) is 24.6. The van der Waals surface area contributed by atoms with Gasteiger partial charge in [-0.1, -0.05) is 30.3 Å². The largest absolute Gasteiger partial charge is 0.356 e. The SMILES string of the molecule is O=C(NC(=S)Nc1ccccc1C(=O)Nc1ccc(Nc2ccccc2)cc1)c1ccc(F)cc1. The number of carbonyl (C=O) groups excluding carboxylic acids is 2. The maximum atomic E-state index is 13.1. The lowest BCUT2D eigenvalue weighted by Gasteiger charge is -2.14. The van der Waals surface area contributed by atoms with Crippen LogP contribution in [0.1, 0.15) is 20.7 Å². The summed E-state index contributed by atoms with van der Waals surface area (Å²) in [7, 11) is 0. The van der Waals surface area contributed by atoms with Crippen molar-refractivity contribution in [2.45, 2.75) is 0 Å². The van der Waals surface area contributed by atoms with Crippen LogP contribution in [0.25, 0.3) is 0 Å². The van der Waals surface area contributed by atoms with Gasteiger partial charge < -0.3 is 16.0 Å². The quantitative estimate of drug-likeness (QED) is 0.254. The molecule has 0 aliphatic rings. The highest BCUT2D eigenvalue weighted by molar-refractivity contribution is 7.80. The fraction of sp³-hybridized carbons (Fsp3) is 0. The van der Waals surface area contributed by atoms with Crippen LogP contribution in [0.2, 0.25) is 0 Å². The number of anilines is 4. The van der Waals surface area contributed by atoms with Crippen molar-refractivity contribution in [3.8, 4) is 0 Å². The summed E-state index contributed by atoms with van der Waals surface area (Å²) in [4.78, 5) is 25.2. The molecule has 0 unspecified atom stereocenters. The van der Waals surface area contributed by atoms with Gasteiger partial charge in [-0.3, -0.25) is 14.9 Å². The summed E-state index contributed by atoms with van der Waals surface area (Å²) >= 11 is 5.23. The monoisotopic (exact) mass is 484 g/mol. The minimum Gasteiger partial charge on any atom is -0.356 e. The van der Waals surface area contributed by atoms with Gasteiger partial charge in [0.15, 0.2) is 5.11 Å². The summed E-state index contributed by atoms with van der Waals surface area (Å²) in [6.07, 6.45) is 0. The van der Waals surface area contributed by atoms with Gasteiger partial charge in [0, 0.05) is 22.6 Å². The van der Waals surface area contributed by atoms with Gasteiger partial charge in [-0.15, -0.1) is 0 Å². The van der Waals surface area contributed by atoms with Crippen LogP contribution in [0, 0.1) is 5.82 Å². The fourth-order valence-corrected chi connectivity index (χ4v) is 3.45. The predicted octanol–water partition coefficient (Wildman–Crippen LogP) is 5.95. The van der Waals surface area contributed by atoms with Crippen molar-refractivity contribution < 1.29 is 14.0 Å². The lowest BCUT2D eigenvalue weighted by molar-refractivity contribution is 0.0976. The zero-order valence-corrected chi connectivity index (χ0v) is 19.2. The molecule has 0 radical (unpaired) electrons. The van der Waals surface area contributed by atoms with Gasteiger partial charge in [0.05, 0.1) is 11.3 Å². The van der Waals surface area contributed by atoms with Gasteiger partial charge in [0.25, 0.3) is 11.8 Å². The highest BCUT2D eigenvalue weighted by Gasteiger charge is 2.14. The van der Waals surface area contributed by atoms with Gasteiger partial charge in [0.1, 0.15) is 5.82 Å². The second-order valence-corrected chi connectivity index (χ2v) is 7.89. The number of carbonyl (C=O) groups is 2. The molecule has 4 aromatic carbocycles. The highest BCUT2D eigenvalue weighted by atomic mass is 32.1. The molecule has 0 atom stereocenters. The number of rotatable bonds is 6. The molecule has 0 heterocycles. The Balaban J connectivity index is 1.39. The van der Waals surface area contributed by atoms with E-state index in [1.807, 2.05) is 42.5 Å². The molecule has 6 nitrogen and oxygen atoms in total. The molecule has 0 bridgehead atoms. The maximum Gasteiger partial charge on any atom is 0.257 e. The summed E-state index contributed by atoms with van der Waals surface area (Å²) in [5.74, 6) is -1.28. The first-order valence-corrected chi connectivity index (χ1v) is 11.1. The van der Waals surface area contributed by atoms with E-state index < -0.39 is 11.7 Å². The molecule has 8 heteroatoms. The van der Waals surface area contributed by atoms with Crippen molar-refractivity contribution in [2.75, 3.05) is 16.0 Å². The molecule has 0 aliphatic carbocycles. The van der Waals surface area contributed by atoms with E-state index in [0.29, 0.717) is 16.9 Å². The van der Waals surface area contributed by atoms with Gasteiger partial charge in [-0.2, -0.15) is 0 Å². The van der Waals surface area contributed by atoms with Crippen molar-refractivity contribution in [3.05, 3.63) is 120 Å². The summed E-state index contributed by atoms with van der Waals surface area (Å²) < 4.78 is 13.1. The molecular weight excluding hydrogens is 463 g/mol. The number of benzene rings is 4. The van der Waals surface area contributed by atoms with E-state index in [-0.39, 0.29) is 16.6 Å². The van der Waals surface area contributed by atoms with Crippen molar-refractivity contribution in [3.63, 3.8) is 0 Å². The smallest absolute Gasteiger partial charge is 0.257 e. The Kier molecular flexibility index (Phi) is 7.44. The van der Waals surface area contributed by atoms with Crippen LogP contribution in [0.5, 0.6) is 0 Å². The summed E-state index contributed by atoms with van der Waals surface area (Å²) in [6.45, 7) is 0. The first-order valence-electron chi connectivity index (χ1n) is 10.7. The summed E-state index contributed by atoms with van der Waals surface area (Å²) in [6, 6.07) is 29.0. The van der Waals surface area contributed by atoms with Gasteiger partial charge in [-0.05, 0) is 85.0 Å². The zero-order valence-electron chi connectivity index (χ0n) is 18.4. The average molecular weight is 485 g/mol.